The first-order chi connectivity index (χ1) is 11.4. The molecule has 0 fully saturated rings. The van der Waals surface area contributed by atoms with Gasteiger partial charge in [-0.1, -0.05) is 12.1 Å². The smallest absolute Gasteiger partial charge is 0.370 e. The minimum atomic E-state index is -4.35. The molecule has 0 aliphatic carbocycles. The molecule has 0 spiro atoms. The van der Waals surface area contributed by atoms with Crippen molar-refractivity contribution in [1.82, 2.24) is 14.9 Å². The maximum absolute atomic E-state index is 12.7. The van der Waals surface area contributed by atoms with Crippen molar-refractivity contribution in [3.05, 3.63) is 53.6 Å². The molecule has 0 saturated heterocycles. The van der Waals surface area contributed by atoms with Crippen molar-refractivity contribution in [3.63, 3.8) is 0 Å². The second-order valence-electron chi connectivity index (χ2n) is 5.77. The van der Waals surface area contributed by atoms with Crippen LogP contribution in [0.15, 0.2) is 41.7 Å². The summed E-state index contributed by atoms with van der Waals surface area (Å²) in [7, 11) is 0. The lowest BCUT2D eigenvalue weighted by Gasteiger charge is -2.24. The molecule has 2 heterocycles. The van der Waals surface area contributed by atoms with E-state index >= 15 is 0 Å². The van der Waals surface area contributed by atoms with Gasteiger partial charge in [0.05, 0.1) is 12.1 Å². The summed E-state index contributed by atoms with van der Waals surface area (Å²) in [6.45, 7) is 0.956. The topological polar surface area (TPSA) is 68.2 Å². The van der Waals surface area contributed by atoms with Crippen molar-refractivity contribution in [1.29, 1.82) is 0 Å². The second-order valence-corrected chi connectivity index (χ2v) is 5.77. The quantitative estimate of drug-likeness (QED) is 0.667. The lowest BCUT2D eigenvalue weighted by atomic mass is 10.1. The monoisotopic (exact) mass is 337 g/mol. The number of aromatic nitrogens is 2. The van der Waals surface area contributed by atoms with E-state index in [-0.39, 0.29) is 18.5 Å². The summed E-state index contributed by atoms with van der Waals surface area (Å²) >= 11 is 0. The Kier molecular flexibility index (Phi) is 4.46. The van der Waals surface area contributed by atoms with Gasteiger partial charge in [-0.2, -0.15) is 13.2 Å². The Morgan fingerprint density at radius 2 is 2.25 bits per heavy atom. The third-order valence-electron chi connectivity index (χ3n) is 3.99. The molecule has 8 heteroatoms. The third kappa shape index (κ3) is 3.87. The summed E-state index contributed by atoms with van der Waals surface area (Å²) in [5, 5.41) is 3.12. The number of benzene rings is 1. The predicted molar refractivity (Wildman–Crippen MR) is 84.2 cm³/mol. The van der Waals surface area contributed by atoms with Crippen LogP contribution in [0.1, 0.15) is 23.4 Å². The first kappa shape index (κ1) is 16.4. The maximum atomic E-state index is 12.7. The molecule has 1 aliphatic heterocycles. The molecule has 2 aromatic rings. The number of hydrogen-bond acceptors (Lipinski definition) is 2. The molecule has 0 radical (unpaired) electrons. The molecular formula is C16H18F3N5. The number of aliphatic imine (C=N–C) groups is 1. The molecule has 24 heavy (non-hydrogen) atoms. The van der Waals surface area contributed by atoms with Crippen LogP contribution in [0.2, 0.25) is 0 Å². The number of imidazole rings is 1. The minimum Gasteiger partial charge on any atom is -0.370 e. The number of guanidine groups is 1. The summed E-state index contributed by atoms with van der Waals surface area (Å²) in [6, 6.07) is 5.24. The van der Waals surface area contributed by atoms with Crippen LogP contribution in [0.3, 0.4) is 0 Å². The molecular weight excluding hydrogens is 319 g/mol. The number of rotatable bonds is 3. The van der Waals surface area contributed by atoms with E-state index in [0.29, 0.717) is 5.56 Å². The molecule has 1 aromatic heterocycles. The van der Waals surface area contributed by atoms with Crippen LogP contribution in [0.25, 0.3) is 0 Å². The zero-order valence-electron chi connectivity index (χ0n) is 12.9. The molecule has 1 aliphatic rings. The number of aryl methyl sites for hydroxylation is 1. The van der Waals surface area contributed by atoms with Crippen molar-refractivity contribution in [3.8, 4) is 0 Å². The molecule has 0 bridgehead atoms. The summed E-state index contributed by atoms with van der Waals surface area (Å²) in [5.41, 5.74) is 5.65. The number of alkyl halides is 3. The normalized spacial score (nSPS) is 18.3. The van der Waals surface area contributed by atoms with Gasteiger partial charge in [0.2, 0.25) is 0 Å². The number of fused-ring (bicyclic) bond motifs is 1. The number of nitrogens with one attached hydrogen (secondary N) is 1. The molecule has 1 aromatic carbocycles. The highest BCUT2D eigenvalue weighted by molar-refractivity contribution is 5.78. The van der Waals surface area contributed by atoms with Gasteiger partial charge in [0.1, 0.15) is 5.82 Å². The van der Waals surface area contributed by atoms with Crippen LogP contribution in [0, 0.1) is 0 Å². The molecule has 1 atom stereocenters. The Balaban J connectivity index is 1.59. The lowest BCUT2D eigenvalue weighted by molar-refractivity contribution is -0.137. The highest BCUT2D eigenvalue weighted by Crippen LogP contribution is 2.29. The van der Waals surface area contributed by atoms with Crippen molar-refractivity contribution >= 4 is 5.96 Å². The SMILES string of the molecule is NC(=NCc1cccc(C(F)(F)F)c1)NC1CCn2ccnc2C1. The van der Waals surface area contributed by atoms with Crippen LogP contribution >= 0.6 is 0 Å². The standard InChI is InChI=1S/C16H18F3N5/c17-16(18,19)12-3-1-2-11(8-12)10-22-15(20)23-13-4-6-24-7-5-21-14(24)9-13/h1-3,5,7-8,13H,4,6,9-10H2,(H3,20,22,23). The average molecular weight is 337 g/mol. The van der Waals surface area contributed by atoms with E-state index in [4.69, 9.17) is 5.73 Å². The van der Waals surface area contributed by atoms with E-state index < -0.39 is 11.7 Å². The predicted octanol–water partition coefficient (Wildman–Crippen LogP) is 2.32. The van der Waals surface area contributed by atoms with Gasteiger partial charge < -0.3 is 15.6 Å². The van der Waals surface area contributed by atoms with E-state index in [0.717, 1.165) is 37.3 Å². The van der Waals surface area contributed by atoms with Gasteiger partial charge in [0.15, 0.2) is 5.96 Å². The third-order valence-corrected chi connectivity index (χ3v) is 3.99. The lowest BCUT2D eigenvalue weighted by Crippen LogP contribution is -2.44. The second kappa shape index (κ2) is 6.54. The number of hydrogen-bond donors (Lipinski definition) is 2. The molecule has 1 unspecified atom stereocenters. The minimum absolute atomic E-state index is 0.101. The van der Waals surface area contributed by atoms with E-state index in [9.17, 15) is 13.2 Å². The summed E-state index contributed by atoms with van der Waals surface area (Å²) in [6.07, 6.45) is 0.989. The van der Waals surface area contributed by atoms with Gasteiger partial charge in [-0.15, -0.1) is 0 Å². The highest BCUT2D eigenvalue weighted by atomic mass is 19.4. The van der Waals surface area contributed by atoms with Gasteiger partial charge in [-0.3, -0.25) is 0 Å². The summed E-state index contributed by atoms with van der Waals surface area (Å²) in [5.74, 6) is 1.22. The maximum Gasteiger partial charge on any atom is 0.416 e. The average Bonchev–Trinajstić information content (AvgIpc) is 3.00. The zero-order valence-corrected chi connectivity index (χ0v) is 12.9. The van der Waals surface area contributed by atoms with Crippen LogP contribution in [0.5, 0.6) is 0 Å². The first-order valence-electron chi connectivity index (χ1n) is 7.64. The molecule has 3 N–H and O–H groups in total. The summed E-state index contributed by atoms with van der Waals surface area (Å²) in [4.78, 5) is 8.42. The van der Waals surface area contributed by atoms with Gasteiger partial charge >= 0.3 is 6.18 Å². The van der Waals surface area contributed by atoms with E-state index in [1.165, 1.54) is 6.07 Å². The van der Waals surface area contributed by atoms with E-state index in [1.807, 2.05) is 6.20 Å². The largest absolute Gasteiger partial charge is 0.416 e. The van der Waals surface area contributed by atoms with E-state index in [1.54, 1.807) is 12.3 Å². The Morgan fingerprint density at radius 3 is 3.04 bits per heavy atom. The molecule has 0 saturated carbocycles. The van der Waals surface area contributed by atoms with Crippen LogP contribution in [0.4, 0.5) is 13.2 Å². The number of nitrogens with zero attached hydrogens (tertiary/aromatic N) is 3. The Labute approximate surface area is 137 Å². The molecule has 0 amide bonds. The van der Waals surface area contributed by atoms with Crippen molar-refractivity contribution in [2.45, 2.75) is 38.1 Å². The fourth-order valence-electron chi connectivity index (χ4n) is 2.75. The zero-order chi connectivity index (χ0) is 17.2. The van der Waals surface area contributed by atoms with Gasteiger partial charge in [0, 0.05) is 31.4 Å². The van der Waals surface area contributed by atoms with Crippen LogP contribution < -0.4 is 11.1 Å². The fourth-order valence-corrected chi connectivity index (χ4v) is 2.75. The number of nitrogens with two attached hydrogens (primary N) is 1. The Hall–Kier alpha value is -2.51. The van der Waals surface area contributed by atoms with Gasteiger partial charge in [-0.05, 0) is 24.1 Å². The van der Waals surface area contributed by atoms with Crippen molar-refractivity contribution < 1.29 is 13.2 Å². The first-order valence-corrected chi connectivity index (χ1v) is 7.64. The Bertz CT molecular complexity index is 735. The molecule has 128 valence electrons. The van der Waals surface area contributed by atoms with E-state index in [2.05, 4.69) is 19.9 Å². The highest BCUT2D eigenvalue weighted by Gasteiger charge is 2.30. The molecule has 3 rings (SSSR count). The number of halogens is 3. The Morgan fingerprint density at radius 1 is 1.42 bits per heavy atom. The van der Waals surface area contributed by atoms with Gasteiger partial charge in [-0.25, -0.2) is 9.98 Å². The van der Waals surface area contributed by atoms with Crippen molar-refractivity contribution in [2.24, 2.45) is 10.7 Å². The van der Waals surface area contributed by atoms with Crippen LogP contribution in [-0.2, 0) is 25.7 Å². The fraction of sp³-hybridized carbons (Fsp3) is 0.375. The van der Waals surface area contributed by atoms with Gasteiger partial charge in [0.25, 0.3) is 0 Å². The van der Waals surface area contributed by atoms with Crippen LogP contribution in [-0.4, -0.2) is 21.6 Å². The molecule has 5 nitrogen and oxygen atoms in total. The van der Waals surface area contributed by atoms with Crippen molar-refractivity contribution in [2.75, 3.05) is 0 Å². The summed E-state index contributed by atoms with van der Waals surface area (Å²) < 4.78 is 40.2.